The zero-order chi connectivity index (χ0) is 11.4. The van der Waals surface area contributed by atoms with Crippen LogP contribution in [0.4, 0.5) is 0 Å². The monoisotopic (exact) mass is 213 g/mol. The van der Waals surface area contributed by atoms with Crippen molar-refractivity contribution in [3.8, 4) is 0 Å². The zero-order valence-corrected chi connectivity index (χ0v) is 9.59. The number of carbonyl (C=O) groups excluding carboxylic acids is 1. The van der Waals surface area contributed by atoms with E-state index in [0.29, 0.717) is 13.1 Å². The van der Waals surface area contributed by atoms with Crippen LogP contribution in [0.3, 0.4) is 0 Å². The van der Waals surface area contributed by atoms with Crippen LogP contribution in [0, 0.1) is 0 Å². The predicted molar refractivity (Wildman–Crippen MR) is 63.6 cm³/mol. The first kappa shape index (κ1) is 14.1. The SMILES string of the molecule is CCCC/C=C/C(=O)NCCNCCN. The fraction of sp³-hybridized carbons (Fsp3) is 0.727. The molecule has 0 unspecified atom stereocenters. The largest absolute Gasteiger partial charge is 0.351 e. The summed E-state index contributed by atoms with van der Waals surface area (Å²) in [5.74, 6) is -0.0133. The highest BCUT2D eigenvalue weighted by atomic mass is 16.1. The van der Waals surface area contributed by atoms with Crippen LogP contribution in [0.1, 0.15) is 26.2 Å². The first-order valence-electron chi connectivity index (χ1n) is 5.66. The standard InChI is InChI=1S/C11H23N3O/c1-2-3-4-5-6-11(15)14-10-9-13-8-7-12/h5-6,13H,2-4,7-10,12H2,1H3,(H,14,15)/b6-5+. The molecule has 0 fully saturated rings. The number of hydrogen-bond donors (Lipinski definition) is 3. The van der Waals surface area contributed by atoms with E-state index in [2.05, 4.69) is 17.6 Å². The van der Waals surface area contributed by atoms with Crippen molar-refractivity contribution in [2.24, 2.45) is 5.73 Å². The average molecular weight is 213 g/mol. The van der Waals surface area contributed by atoms with Crippen molar-refractivity contribution in [2.75, 3.05) is 26.2 Å². The highest BCUT2D eigenvalue weighted by Gasteiger charge is 1.92. The maximum Gasteiger partial charge on any atom is 0.243 e. The molecule has 88 valence electrons. The molecule has 15 heavy (non-hydrogen) atoms. The maximum atomic E-state index is 11.2. The van der Waals surface area contributed by atoms with E-state index in [4.69, 9.17) is 5.73 Å². The molecule has 0 aromatic rings. The molecule has 4 N–H and O–H groups in total. The van der Waals surface area contributed by atoms with Crippen LogP contribution in [0.15, 0.2) is 12.2 Å². The van der Waals surface area contributed by atoms with E-state index in [1.165, 1.54) is 0 Å². The summed E-state index contributed by atoms with van der Waals surface area (Å²) in [6, 6.07) is 0. The van der Waals surface area contributed by atoms with Gasteiger partial charge < -0.3 is 16.4 Å². The van der Waals surface area contributed by atoms with E-state index >= 15 is 0 Å². The van der Waals surface area contributed by atoms with Gasteiger partial charge in [-0.05, 0) is 12.5 Å². The van der Waals surface area contributed by atoms with E-state index in [-0.39, 0.29) is 5.91 Å². The Labute approximate surface area is 92.3 Å². The van der Waals surface area contributed by atoms with Crippen molar-refractivity contribution in [3.05, 3.63) is 12.2 Å². The molecule has 0 aromatic carbocycles. The number of nitrogens with two attached hydrogens (primary N) is 1. The van der Waals surface area contributed by atoms with Gasteiger partial charge in [0.1, 0.15) is 0 Å². The van der Waals surface area contributed by atoms with Crippen molar-refractivity contribution < 1.29 is 4.79 Å². The quantitative estimate of drug-likeness (QED) is 0.383. The summed E-state index contributed by atoms with van der Waals surface area (Å²) in [7, 11) is 0. The Morgan fingerprint density at radius 3 is 2.80 bits per heavy atom. The molecule has 0 radical (unpaired) electrons. The molecule has 0 aliphatic carbocycles. The van der Waals surface area contributed by atoms with Crippen molar-refractivity contribution in [2.45, 2.75) is 26.2 Å². The summed E-state index contributed by atoms with van der Waals surface area (Å²) >= 11 is 0. The van der Waals surface area contributed by atoms with Gasteiger partial charge in [-0.15, -0.1) is 0 Å². The van der Waals surface area contributed by atoms with Gasteiger partial charge in [0.2, 0.25) is 5.91 Å². The second kappa shape index (κ2) is 11.2. The summed E-state index contributed by atoms with van der Waals surface area (Å²) in [4.78, 5) is 11.2. The first-order valence-corrected chi connectivity index (χ1v) is 5.66. The first-order chi connectivity index (χ1) is 7.31. The molecule has 1 amide bonds. The Bertz CT molecular complexity index is 181. The van der Waals surface area contributed by atoms with Crippen molar-refractivity contribution in [3.63, 3.8) is 0 Å². The Balaban J connectivity index is 3.29. The zero-order valence-electron chi connectivity index (χ0n) is 9.59. The van der Waals surface area contributed by atoms with Crippen LogP contribution in [0.5, 0.6) is 0 Å². The molecule has 0 heterocycles. The molecule has 0 aromatic heterocycles. The number of rotatable bonds is 9. The lowest BCUT2D eigenvalue weighted by molar-refractivity contribution is -0.116. The van der Waals surface area contributed by atoms with Crippen molar-refractivity contribution in [1.82, 2.24) is 10.6 Å². The summed E-state index contributed by atoms with van der Waals surface area (Å²) in [6.07, 6.45) is 6.82. The Kier molecular flexibility index (Phi) is 10.6. The van der Waals surface area contributed by atoms with Gasteiger partial charge in [-0.3, -0.25) is 4.79 Å². The van der Waals surface area contributed by atoms with E-state index < -0.39 is 0 Å². The molecule has 4 heteroatoms. The Hall–Kier alpha value is -0.870. The number of unbranched alkanes of at least 4 members (excludes halogenated alkanes) is 2. The second-order valence-corrected chi connectivity index (χ2v) is 3.37. The Morgan fingerprint density at radius 1 is 1.33 bits per heavy atom. The third-order valence-corrected chi connectivity index (χ3v) is 1.92. The number of nitrogens with one attached hydrogen (secondary N) is 2. The van der Waals surface area contributed by atoms with Crippen LogP contribution in [-0.4, -0.2) is 32.1 Å². The summed E-state index contributed by atoms with van der Waals surface area (Å²) in [6.45, 7) is 4.98. The molecule has 0 saturated heterocycles. The van der Waals surface area contributed by atoms with Crippen LogP contribution < -0.4 is 16.4 Å². The van der Waals surface area contributed by atoms with Gasteiger partial charge in [0, 0.05) is 26.2 Å². The topological polar surface area (TPSA) is 67.2 Å². The smallest absolute Gasteiger partial charge is 0.243 e. The Morgan fingerprint density at radius 2 is 2.13 bits per heavy atom. The van der Waals surface area contributed by atoms with E-state index in [1.807, 2.05) is 6.08 Å². The highest BCUT2D eigenvalue weighted by Crippen LogP contribution is 1.94. The van der Waals surface area contributed by atoms with Crippen molar-refractivity contribution in [1.29, 1.82) is 0 Å². The van der Waals surface area contributed by atoms with E-state index in [1.54, 1.807) is 6.08 Å². The van der Waals surface area contributed by atoms with Gasteiger partial charge in [-0.1, -0.05) is 25.8 Å². The lowest BCUT2D eigenvalue weighted by Crippen LogP contribution is -2.33. The summed E-state index contributed by atoms with van der Waals surface area (Å²) < 4.78 is 0. The molecule has 0 rings (SSSR count). The van der Waals surface area contributed by atoms with Crippen LogP contribution in [0.25, 0.3) is 0 Å². The molecular weight excluding hydrogens is 190 g/mol. The molecule has 0 saturated carbocycles. The lowest BCUT2D eigenvalue weighted by atomic mass is 10.2. The lowest BCUT2D eigenvalue weighted by Gasteiger charge is -2.03. The minimum absolute atomic E-state index is 0.0133. The minimum atomic E-state index is -0.0133. The fourth-order valence-electron chi connectivity index (χ4n) is 1.07. The number of allylic oxidation sites excluding steroid dienone is 1. The summed E-state index contributed by atoms with van der Waals surface area (Å²) in [5.41, 5.74) is 5.30. The van der Waals surface area contributed by atoms with Gasteiger partial charge in [-0.25, -0.2) is 0 Å². The predicted octanol–water partition coefficient (Wildman–Crippen LogP) is 0.397. The molecule has 0 aliphatic rings. The van der Waals surface area contributed by atoms with Gasteiger partial charge in [0.25, 0.3) is 0 Å². The van der Waals surface area contributed by atoms with Gasteiger partial charge in [0.15, 0.2) is 0 Å². The number of carbonyl (C=O) groups is 1. The molecule has 0 atom stereocenters. The van der Waals surface area contributed by atoms with Gasteiger partial charge in [0.05, 0.1) is 0 Å². The normalized spacial score (nSPS) is 10.8. The molecule has 4 nitrogen and oxygen atoms in total. The third kappa shape index (κ3) is 11.1. The fourth-order valence-corrected chi connectivity index (χ4v) is 1.07. The molecular formula is C11H23N3O. The number of amides is 1. The molecule has 0 spiro atoms. The van der Waals surface area contributed by atoms with Gasteiger partial charge >= 0.3 is 0 Å². The maximum absolute atomic E-state index is 11.2. The van der Waals surface area contributed by atoms with E-state index in [9.17, 15) is 4.79 Å². The second-order valence-electron chi connectivity index (χ2n) is 3.37. The highest BCUT2D eigenvalue weighted by molar-refractivity contribution is 5.87. The number of hydrogen-bond acceptors (Lipinski definition) is 3. The molecule has 0 bridgehead atoms. The molecule has 0 aliphatic heterocycles. The van der Waals surface area contributed by atoms with Crippen LogP contribution >= 0.6 is 0 Å². The summed E-state index contributed by atoms with van der Waals surface area (Å²) in [5, 5.41) is 5.89. The third-order valence-electron chi connectivity index (χ3n) is 1.92. The van der Waals surface area contributed by atoms with Gasteiger partial charge in [-0.2, -0.15) is 0 Å². The van der Waals surface area contributed by atoms with E-state index in [0.717, 1.165) is 32.4 Å². The van der Waals surface area contributed by atoms with Crippen molar-refractivity contribution >= 4 is 5.91 Å². The van der Waals surface area contributed by atoms with Crippen LogP contribution in [0.2, 0.25) is 0 Å². The van der Waals surface area contributed by atoms with Crippen LogP contribution in [-0.2, 0) is 4.79 Å². The minimum Gasteiger partial charge on any atom is -0.351 e. The average Bonchev–Trinajstić information content (AvgIpc) is 2.24.